The normalized spacial score (nSPS) is 24.6. The van der Waals surface area contributed by atoms with Crippen molar-refractivity contribution in [3.63, 3.8) is 0 Å². The molecule has 0 fully saturated rings. The first-order chi connectivity index (χ1) is 13.5. The fourth-order valence-electron chi connectivity index (χ4n) is 3.08. The largest absolute Gasteiger partial charge is 0.327 e. The van der Waals surface area contributed by atoms with Crippen molar-refractivity contribution in [1.29, 1.82) is 0 Å². The Labute approximate surface area is 200 Å². The molecule has 0 unspecified atom stereocenters. The van der Waals surface area contributed by atoms with Gasteiger partial charge in [-0.3, -0.25) is 9.59 Å². The zero-order chi connectivity index (χ0) is 21.7. The minimum atomic E-state index is -2.06. The maximum atomic E-state index is 12.6. The van der Waals surface area contributed by atoms with Crippen molar-refractivity contribution in [2.75, 3.05) is 0 Å². The van der Waals surface area contributed by atoms with Gasteiger partial charge in [-0.2, -0.15) is 0 Å². The van der Waals surface area contributed by atoms with Gasteiger partial charge in [0.2, 0.25) is 19.4 Å². The monoisotopic (exact) mass is 524 g/mol. The summed E-state index contributed by atoms with van der Waals surface area (Å²) in [5, 5.41) is 5.11. The number of halogens is 6. The molecule has 2 aliphatic carbocycles. The van der Waals surface area contributed by atoms with Crippen molar-refractivity contribution in [2.45, 2.75) is 58.6 Å². The van der Waals surface area contributed by atoms with Crippen LogP contribution in [-0.4, -0.2) is 31.9 Å². The highest BCUT2D eigenvalue weighted by atomic mass is 35.6. The van der Waals surface area contributed by atoms with Gasteiger partial charge in [-0.15, -0.1) is 0 Å². The van der Waals surface area contributed by atoms with Gasteiger partial charge >= 0.3 is 0 Å². The Morgan fingerprint density at radius 1 is 0.759 bits per heavy atom. The van der Waals surface area contributed by atoms with Gasteiger partial charge in [-0.05, 0) is 38.5 Å². The van der Waals surface area contributed by atoms with Crippen molar-refractivity contribution in [1.82, 2.24) is 10.6 Å². The Balaban J connectivity index is 2.09. The SMILES string of the molecule is O=C(N[C@H](O[C@H](NC(=O)[C@@H]1CC=CCC1)C(Cl)(Cl)Cl)C(Cl)(Cl)Cl)[C@H]1CC=CCC1. The van der Waals surface area contributed by atoms with Crippen LogP contribution in [0, 0.1) is 11.8 Å². The maximum absolute atomic E-state index is 12.6. The van der Waals surface area contributed by atoms with E-state index < -0.39 is 20.0 Å². The predicted octanol–water partition coefficient (Wildman–Crippen LogP) is 5.34. The number of allylic oxidation sites excluding steroid dienone is 4. The highest BCUT2D eigenvalue weighted by molar-refractivity contribution is 6.68. The number of nitrogens with one attached hydrogen (secondary N) is 2. The minimum Gasteiger partial charge on any atom is -0.327 e. The van der Waals surface area contributed by atoms with Gasteiger partial charge in [0, 0.05) is 11.8 Å². The molecule has 0 bridgehead atoms. The molecule has 5 nitrogen and oxygen atoms in total. The summed E-state index contributed by atoms with van der Waals surface area (Å²) in [5.41, 5.74) is 0. The molecule has 0 aromatic carbocycles. The van der Waals surface area contributed by atoms with Gasteiger partial charge in [0.15, 0.2) is 12.5 Å². The van der Waals surface area contributed by atoms with E-state index in [1.54, 1.807) is 0 Å². The van der Waals surface area contributed by atoms with Gasteiger partial charge in [0.25, 0.3) is 0 Å². The van der Waals surface area contributed by atoms with Crippen molar-refractivity contribution in [2.24, 2.45) is 11.8 Å². The van der Waals surface area contributed by atoms with E-state index >= 15 is 0 Å². The van der Waals surface area contributed by atoms with Gasteiger partial charge in [0.1, 0.15) is 0 Å². The second-order valence-corrected chi connectivity index (χ2v) is 11.7. The Morgan fingerprint density at radius 2 is 1.14 bits per heavy atom. The molecule has 11 heteroatoms. The standard InChI is InChI=1S/C18H22Cl6N2O3/c19-17(20,21)15(25-13(27)11-7-3-1-4-8-11)29-16(18(22,23)24)26-14(28)12-9-5-2-6-10-12/h1-3,5,11-12,15-16H,4,6-10H2,(H,25,27)(H,26,28)/t11-,12+,15+,16-. The molecule has 0 spiro atoms. The van der Waals surface area contributed by atoms with Crippen LogP contribution in [0.25, 0.3) is 0 Å². The van der Waals surface area contributed by atoms with E-state index in [0.717, 1.165) is 12.8 Å². The third kappa shape index (κ3) is 8.29. The van der Waals surface area contributed by atoms with Crippen LogP contribution in [0.1, 0.15) is 38.5 Å². The van der Waals surface area contributed by atoms with E-state index in [2.05, 4.69) is 10.6 Å². The molecule has 164 valence electrons. The number of rotatable bonds is 6. The molecule has 0 aromatic heterocycles. The average molecular weight is 527 g/mol. The topological polar surface area (TPSA) is 67.4 Å². The van der Waals surface area contributed by atoms with Gasteiger partial charge in [0.05, 0.1) is 0 Å². The first-order valence-corrected chi connectivity index (χ1v) is 11.4. The Morgan fingerprint density at radius 3 is 1.41 bits per heavy atom. The van der Waals surface area contributed by atoms with E-state index in [0.29, 0.717) is 25.7 Å². The van der Waals surface area contributed by atoms with Crippen LogP contribution in [0.5, 0.6) is 0 Å². The third-order valence-electron chi connectivity index (χ3n) is 4.69. The van der Waals surface area contributed by atoms with Crippen molar-refractivity contribution in [3.8, 4) is 0 Å². The summed E-state index contributed by atoms with van der Waals surface area (Å²) < 4.78 is 1.49. The maximum Gasteiger partial charge on any atom is 0.234 e. The van der Waals surface area contributed by atoms with E-state index in [1.165, 1.54) is 0 Å². The lowest BCUT2D eigenvalue weighted by atomic mass is 9.93. The van der Waals surface area contributed by atoms with E-state index in [9.17, 15) is 9.59 Å². The Kier molecular flexibility index (Phi) is 9.74. The van der Waals surface area contributed by atoms with Gasteiger partial charge in [-0.1, -0.05) is 93.9 Å². The predicted molar refractivity (Wildman–Crippen MR) is 118 cm³/mol. The summed E-state index contributed by atoms with van der Waals surface area (Å²) in [6.07, 6.45) is 8.96. The average Bonchev–Trinajstić information content (AvgIpc) is 2.66. The Hall–Kier alpha value is 0.120. The van der Waals surface area contributed by atoms with E-state index in [1.807, 2.05) is 24.3 Å². The molecular weight excluding hydrogens is 505 g/mol. The fraction of sp³-hybridized carbons (Fsp3) is 0.667. The summed E-state index contributed by atoms with van der Waals surface area (Å²) in [6.45, 7) is 0. The molecule has 0 aliphatic heterocycles. The van der Waals surface area contributed by atoms with Crippen LogP contribution in [0.3, 0.4) is 0 Å². The summed E-state index contributed by atoms with van der Waals surface area (Å²) >= 11 is 35.9. The van der Waals surface area contributed by atoms with Crippen molar-refractivity contribution >= 4 is 81.4 Å². The highest BCUT2D eigenvalue weighted by Crippen LogP contribution is 2.37. The van der Waals surface area contributed by atoms with E-state index in [4.69, 9.17) is 74.3 Å². The fourth-order valence-corrected chi connectivity index (χ4v) is 3.72. The second-order valence-electron chi connectivity index (χ2n) is 6.96. The summed E-state index contributed by atoms with van der Waals surface area (Å²) in [7, 11) is 0. The molecule has 29 heavy (non-hydrogen) atoms. The quantitative estimate of drug-likeness (QED) is 0.279. The smallest absolute Gasteiger partial charge is 0.234 e. The summed E-state index contributed by atoms with van der Waals surface area (Å²) in [5.74, 6) is -1.27. The lowest BCUT2D eigenvalue weighted by Gasteiger charge is -2.34. The van der Waals surface area contributed by atoms with Gasteiger partial charge < -0.3 is 15.4 Å². The number of ether oxygens (including phenoxy) is 1. The molecule has 0 saturated carbocycles. The highest BCUT2D eigenvalue weighted by Gasteiger charge is 2.44. The molecule has 0 radical (unpaired) electrons. The van der Waals surface area contributed by atoms with Gasteiger partial charge in [-0.25, -0.2) is 0 Å². The van der Waals surface area contributed by atoms with Crippen LogP contribution < -0.4 is 10.6 Å². The number of amides is 2. The zero-order valence-corrected chi connectivity index (χ0v) is 19.9. The van der Waals surface area contributed by atoms with Crippen LogP contribution in [0.2, 0.25) is 0 Å². The van der Waals surface area contributed by atoms with Crippen LogP contribution in [0.15, 0.2) is 24.3 Å². The Bertz CT molecular complexity index is 590. The van der Waals surface area contributed by atoms with Crippen LogP contribution in [0.4, 0.5) is 0 Å². The molecule has 0 saturated heterocycles. The number of hydrogen-bond donors (Lipinski definition) is 2. The molecular formula is C18H22Cl6N2O3. The first kappa shape index (κ1) is 25.4. The lowest BCUT2D eigenvalue weighted by molar-refractivity contribution is -0.137. The number of hydrogen-bond acceptors (Lipinski definition) is 3. The van der Waals surface area contributed by atoms with Crippen LogP contribution >= 0.6 is 69.6 Å². The third-order valence-corrected chi connectivity index (χ3v) is 5.88. The van der Waals surface area contributed by atoms with Crippen molar-refractivity contribution < 1.29 is 14.3 Å². The molecule has 0 heterocycles. The molecule has 0 aromatic rings. The first-order valence-electron chi connectivity index (χ1n) is 9.18. The second kappa shape index (κ2) is 11.1. The lowest BCUT2D eigenvalue weighted by Crippen LogP contribution is -2.56. The van der Waals surface area contributed by atoms with Crippen molar-refractivity contribution in [3.05, 3.63) is 24.3 Å². The molecule has 2 rings (SSSR count). The molecule has 2 aliphatic rings. The number of carbonyl (C=O) groups is 2. The zero-order valence-electron chi connectivity index (χ0n) is 15.4. The minimum absolute atomic E-state index is 0.284. The molecule has 2 N–H and O–H groups in total. The molecule has 2 amide bonds. The van der Waals surface area contributed by atoms with Crippen LogP contribution in [-0.2, 0) is 14.3 Å². The number of alkyl halides is 6. The number of carbonyl (C=O) groups excluding carboxylic acids is 2. The summed E-state index contributed by atoms with van der Waals surface area (Å²) in [6, 6.07) is 0. The molecule has 4 atom stereocenters. The summed E-state index contributed by atoms with van der Waals surface area (Å²) in [4.78, 5) is 25.1. The van der Waals surface area contributed by atoms with E-state index in [-0.39, 0.29) is 23.7 Å².